The van der Waals surface area contributed by atoms with Crippen LogP contribution in [0.2, 0.25) is 0 Å². The van der Waals surface area contributed by atoms with Crippen LogP contribution in [-0.4, -0.2) is 43.3 Å². The minimum Gasteiger partial charge on any atom is -0.495 e. The van der Waals surface area contributed by atoms with Gasteiger partial charge in [-0.05, 0) is 79.1 Å². The van der Waals surface area contributed by atoms with Crippen LogP contribution in [-0.2, 0) is 29.4 Å². The number of rotatable bonds is 8. The fourth-order valence-corrected chi connectivity index (χ4v) is 7.82. The minimum atomic E-state index is -5.21. The summed E-state index contributed by atoms with van der Waals surface area (Å²) < 4.78 is 175. The maximum atomic E-state index is 13.6. The number of amides is 3. The van der Waals surface area contributed by atoms with Crippen LogP contribution < -0.4 is 20.7 Å². The van der Waals surface area contributed by atoms with E-state index < -0.39 is 82.6 Å². The van der Waals surface area contributed by atoms with Crippen molar-refractivity contribution in [1.82, 2.24) is 4.90 Å². The molecule has 59 heavy (non-hydrogen) atoms. The second kappa shape index (κ2) is 16.0. The van der Waals surface area contributed by atoms with Crippen LogP contribution in [0, 0.1) is 11.8 Å². The Morgan fingerprint density at radius 1 is 0.746 bits per heavy atom. The molecule has 3 amide bonds. The topological polar surface area (TPSA) is 91.9 Å². The van der Waals surface area contributed by atoms with Crippen molar-refractivity contribution >= 4 is 40.0 Å². The molecule has 3 aliphatic heterocycles. The lowest BCUT2D eigenvalue weighted by Crippen LogP contribution is -2.55. The number of urea groups is 1. The summed E-state index contributed by atoms with van der Waals surface area (Å²) in [6.07, 6.45) is -21.5. The lowest BCUT2D eigenvalue weighted by atomic mass is 9.72. The molecule has 4 aromatic rings. The molecule has 3 fully saturated rings. The number of carbonyl (C=O) groups excluding carboxylic acids is 2. The highest BCUT2D eigenvalue weighted by molar-refractivity contribution is 6.09. The van der Waals surface area contributed by atoms with Crippen LogP contribution in [0.25, 0.3) is 10.8 Å². The summed E-state index contributed by atoms with van der Waals surface area (Å²) in [6.45, 7) is 3.12. The number of nitrogens with one attached hydrogen (secondary N) is 3. The standard InChI is InChI=1S/C39H34F12N4O4/c1-3-19-18-55-10-9-21(19)11-29(55)33(59-35(57)53-27-16-24(38(46,47)48)13-25(17-27)39(49,50)51)28-6-4-5-20-7-8-30(58-2)32(31(20)28)54-34(56)52-26-14-22(36(40,41)42)12-23(15-26)37(43,44)45/h4-8,12-17,19,21,29,33H,3,9-11,18H2,1-2H3,(H,53,57)(H2,52,54,56)/t19?,21?,29?,33-/m1/s1. The van der Waals surface area contributed by atoms with E-state index in [1.807, 2.05) is 22.5 Å². The van der Waals surface area contributed by atoms with Crippen molar-refractivity contribution in [2.24, 2.45) is 11.8 Å². The molecule has 4 aromatic carbocycles. The average molecular weight is 851 g/mol. The Morgan fingerprint density at radius 3 is 1.76 bits per heavy atom. The number of halogens is 12. The van der Waals surface area contributed by atoms with E-state index in [1.165, 1.54) is 19.2 Å². The number of hydrogen-bond donors (Lipinski definition) is 3. The molecule has 3 N–H and O–H groups in total. The normalized spacial score (nSPS) is 20.2. The molecule has 7 rings (SSSR count). The molecule has 4 unspecified atom stereocenters. The van der Waals surface area contributed by atoms with E-state index in [0.29, 0.717) is 49.2 Å². The monoisotopic (exact) mass is 850 g/mol. The fraction of sp³-hybridized carbons (Fsp3) is 0.385. The molecular weight excluding hydrogens is 816 g/mol. The molecule has 20 heteroatoms. The van der Waals surface area contributed by atoms with E-state index in [9.17, 15) is 62.3 Å². The first kappa shape index (κ1) is 43.2. The minimum absolute atomic E-state index is 0.0523. The van der Waals surface area contributed by atoms with Gasteiger partial charge in [0.2, 0.25) is 0 Å². The Hall–Kier alpha value is -5.40. The van der Waals surface area contributed by atoms with Crippen molar-refractivity contribution < 1.29 is 71.7 Å². The molecule has 2 bridgehead atoms. The largest absolute Gasteiger partial charge is 0.495 e. The predicted molar refractivity (Wildman–Crippen MR) is 191 cm³/mol. The van der Waals surface area contributed by atoms with Gasteiger partial charge in [0.15, 0.2) is 0 Å². The SMILES string of the molecule is CCC1CN2CCC1CC2[C@H](OC(=O)Nc1cc(C(F)(F)F)cc(C(F)(F)F)c1)c1cccc2ccc(OC)c(NC(=O)Nc3cc(C(F)(F)F)cc(C(F)(F)F)c3)c12. The highest BCUT2D eigenvalue weighted by Gasteiger charge is 2.45. The van der Waals surface area contributed by atoms with Crippen LogP contribution in [0.15, 0.2) is 66.7 Å². The maximum absolute atomic E-state index is 13.6. The average Bonchev–Trinajstić information content (AvgIpc) is 3.15. The zero-order chi connectivity index (χ0) is 43.2. The molecule has 0 aliphatic carbocycles. The van der Waals surface area contributed by atoms with Gasteiger partial charge in [-0.3, -0.25) is 10.2 Å². The number of ether oxygens (including phenoxy) is 2. The highest BCUT2D eigenvalue weighted by Crippen LogP contribution is 2.47. The second-order valence-electron chi connectivity index (χ2n) is 14.2. The zero-order valence-electron chi connectivity index (χ0n) is 30.8. The Balaban J connectivity index is 1.42. The maximum Gasteiger partial charge on any atom is 0.416 e. The van der Waals surface area contributed by atoms with Gasteiger partial charge in [0.05, 0.1) is 41.1 Å². The molecule has 3 saturated heterocycles. The third kappa shape index (κ3) is 9.57. The highest BCUT2D eigenvalue weighted by atomic mass is 19.4. The molecule has 318 valence electrons. The number of nitrogens with zero attached hydrogens (tertiary/aromatic N) is 1. The first-order valence-corrected chi connectivity index (χ1v) is 17.9. The summed E-state index contributed by atoms with van der Waals surface area (Å²) in [7, 11) is 1.21. The van der Waals surface area contributed by atoms with Crippen molar-refractivity contribution in [3.8, 4) is 5.75 Å². The van der Waals surface area contributed by atoms with Gasteiger partial charge in [-0.15, -0.1) is 0 Å². The van der Waals surface area contributed by atoms with Crippen molar-refractivity contribution in [2.45, 2.75) is 63.0 Å². The molecule has 0 aromatic heterocycles. The molecule has 3 aliphatic rings. The third-order valence-corrected chi connectivity index (χ3v) is 10.5. The molecule has 0 spiro atoms. The number of fused-ring (bicyclic) bond motifs is 4. The second-order valence-corrected chi connectivity index (χ2v) is 14.2. The van der Waals surface area contributed by atoms with Gasteiger partial charge in [0.25, 0.3) is 0 Å². The van der Waals surface area contributed by atoms with Crippen molar-refractivity contribution in [3.05, 3.63) is 94.5 Å². The molecule has 3 heterocycles. The summed E-state index contributed by atoms with van der Waals surface area (Å²) in [5, 5.41) is 6.92. The van der Waals surface area contributed by atoms with E-state index in [4.69, 9.17) is 9.47 Å². The van der Waals surface area contributed by atoms with E-state index >= 15 is 0 Å². The lowest BCUT2D eigenvalue weighted by molar-refractivity contribution is -0.144. The van der Waals surface area contributed by atoms with Crippen molar-refractivity contribution in [3.63, 3.8) is 0 Å². The van der Waals surface area contributed by atoms with E-state index in [2.05, 4.69) is 5.32 Å². The number of piperidine rings is 3. The van der Waals surface area contributed by atoms with Crippen LogP contribution in [0.4, 0.5) is 79.3 Å². The fourth-order valence-electron chi connectivity index (χ4n) is 7.82. The van der Waals surface area contributed by atoms with Gasteiger partial charge in [0.1, 0.15) is 11.9 Å². The van der Waals surface area contributed by atoms with Crippen LogP contribution >= 0.6 is 0 Å². The van der Waals surface area contributed by atoms with E-state index in [-0.39, 0.29) is 46.4 Å². The first-order chi connectivity index (χ1) is 27.5. The number of methoxy groups -OCH3 is 1. The van der Waals surface area contributed by atoms with E-state index in [1.54, 1.807) is 18.2 Å². The van der Waals surface area contributed by atoms with Gasteiger partial charge >= 0.3 is 36.8 Å². The summed E-state index contributed by atoms with van der Waals surface area (Å²) >= 11 is 0. The van der Waals surface area contributed by atoms with E-state index in [0.717, 1.165) is 12.8 Å². The number of hydrogen-bond acceptors (Lipinski definition) is 5. The Labute approximate surface area is 327 Å². The van der Waals surface area contributed by atoms with Crippen LogP contribution in [0.1, 0.15) is 60.1 Å². The number of carbonyl (C=O) groups is 2. The Bertz CT molecular complexity index is 2160. The van der Waals surface area contributed by atoms with Gasteiger partial charge in [0, 0.05) is 28.9 Å². The summed E-state index contributed by atoms with van der Waals surface area (Å²) in [6, 6.07) is 6.68. The summed E-state index contributed by atoms with van der Waals surface area (Å²) in [5.41, 5.74) is -8.46. The number of anilines is 3. The quantitative estimate of drug-likeness (QED) is 0.154. The molecule has 5 atom stereocenters. The summed E-state index contributed by atoms with van der Waals surface area (Å²) in [5.74, 6) is 0.356. The lowest BCUT2D eigenvalue weighted by Gasteiger charge is -2.51. The number of alkyl halides is 12. The van der Waals surface area contributed by atoms with Gasteiger partial charge in [-0.1, -0.05) is 37.6 Å². The summed E-state index contributed by atoms with van der Waals surface area (Å²) in [4.78, 5) is 29.1. The van der Waals surface area contributed by atoms with Crippen LogP contribution in [0.3, 0.4) is 0 Å². The molecule has 0 radical (unpaired) electrons. The Morgan fingerprint density at radius 2 is 1.29 bits per heavy atom. The smallest absolute Gasteiger partial charge is 0.416 e. The van der Waals surface area contributed by atoms with Gasteiger partial charge in [-0.2, -0.15) is 52.7 Å². The first-order valence-electron chi connectivity index (χ1n) is 17.9. The zero-order valence-corrected chi connectivity index (χ0v) is 30.8. The molecule has 8 nitrogen and oxygen atoms in total. The van der Waals surface area contributed by atoms with Crippen LogP contribution in [0.5, 0.6) is 5.75 Å². The third-order valence-electron chi connectivity index (χ3n) is 10.5. The predicted octanol–water partition coefficient (Wildman–Crippen LogP) is 12.0. The van der Waals surface area contributed by atoms with Crippen molar-refractivity contribution in [2.75, 3.05) is 36.1 Å². The number of benzene rings is 4. The Kier molecular flexibility index (Phi) is 11.7. The molecular formula is C39H34F12N4O4. The van der Waals surface area contributed by atoms with Gasteiger partial charge < -0.3 is 20.1 Å². The van der Waals surface area contributed by atoms with Crippen molar-refractivity contribution in [1.29, 1.82) is 0 Å². The van der Waals surface area contributed by atoms with Gasteiger partial charge in [-0.25, -0.2) is 9.59 Å². The molecule has 0 saturated carbocycles.